The van der Waals surface area contributed by atoms with E-state index in [0.717, 1.165) is 35.5 Å². The number of aromatic nitrogens is 1. The molecule has 182 valence electrons. The minimum absolute atomic E-state index is 0.150. The van der Waals surface area contributed by atoms with E-state index >= 15 is 0 Å². The molecule has 0 aliphatic carbocycles. The molecule has 5 nitrogen and oxygen atoms in total. The zero-order valence-electron chi connectivity index (χ0n) is 19.4. The number of halogens is 3. The Bertz CT molecular complexity index is 1230. The molecule has 0 saturated carbocycles. The van der Waals surface area contributed by atoms with Crippen molar-refractivity contribution < 1.29 is 13.2 Å². The molecule has 3 heterocycles. The van der Waals surface area contributed by atoms with Gasteiger partial charge in [0, 0.05) is 60.8 Å². The second kappa shape index (κ2) is 9.62. The van der Waals surface area contributed by atoms with Crippen molar-refractivity contribution in [1.29, 1.82) is 0 Å². The van der Waals surface area contributed by atoms with Crippen LogP contribution in [-0.4, -0.2) is 55.6 Å². The summed E-state index contributed by atoms with van der Waals surface area (Å²) in [5, 5.41) is 3.27. The molecule has 2 aliphatic heterocycles. The minimum atomic E-state index is -2.31. The third-order valence-electron chi connectivity index (χ3n) is 6.79. The monoisotopic (exact) mass is 479 g/mol. The highest BCUT2D eigenvalue weighted by molar-refractivity contribution is 5.82. The van der Waals surface area contributed by atoms with Crippen LogP contribution in [0, 0.1) is 5.95 Å². The van der Waals surface area contributed by atoms with Crippen molar-refractivity contribution in [1.82, 2.24) is 15.2 Å². The number of rotatable bonds is 5. The Hall–Kier alpha value is -3.52. The Morgan fingerprint density at radius 1 is 0.943 bits per heavy atom. The number of nitrogens with zero attached hydrogens (tertiary/aromatic N) is 3. The van der Waals surface area contributed by atoms with Crippen LogP contribution in [0.1, 0.15) is 11.1 Å². The van der Waals surface area contributed by atoms with Gasteiger partial charge in [-0.1, -0.05) is 36.9 Å². The molecule has 5 rings (SSSR count). The number of nitrogens with one attached hydrogen (secondary N) is 1. The van der Waals surface area contributed by atoms with Crippen LogP contribution >= 0.6 is 0 Å². The van der Waals surface area contributed by atoms with Crippen molar-refractivity contribution in [3.63, 3.8) is 0 Å². The molecule has 3 aromatic rings. The summed E-state index contributed by atoms with van der Waals surface area (Å²) in [4.78, 5) is 7.94. The third-order valence-corrected chi connectivity index (χ3v) is 6.79. The zero-order chi connectivity index (χ0) is 24.5. The summed E-state index contributed by atoms with van der Waals surface area (Å²) in [6, 6.07) is 15.4. The quantitative estimate of drug-likeness (QED) is 0.522. The lowest BCUT2D eigenvalue weighted by molar-refractivity contribution is 0.0854. The molecule has 2 aromatic carbocycles. The van der Waals surface area contributed by atoms with E-state index in [1.165, 1.54) is 5.56 Å². The average Bonchev–Trinajstić information content (AvgIpc) is 2.84. The topological polar surface area (TPSA) is 57.4 Å². The summed E-state index contributed by atoms with van der Waals surface area (Å²) >= 11 is 0. The molecule has 0 atom stereocenters. The van der Waals surface area contributed by atoms with Gasteiger partial charge in [-0.15, -0.1) is 0 Å². The largest absolute Gasteiger partial charge is 0.385 e. The van der Waals surface area contributed by atoms with Crippen LogP contribution in [0.4, 0.5) is 24.7 Å². The molecule has 8 heteroatoms. The highest BCUT2D eigenvalue weighted by atomic mass is 19.3. The molecule has 35 heavy (non-hydrogen) atoms. The summed E-state index contributed by atoms with van der Waals surface area (Å²) < 4.78 is 40.1. The Morgan fingerprint density at radius 3 is 2.37 bits per heavy atom. The number of fused-ring (bicyclic) bond motifs is 1. The number of hydrogen-bond donors (Lipinski definition) is 2. The lowest BCUT2D eigenvalue weighted by Gasteiger charge is -2.36. The summed E-state index contributed by atoms with van der Waals surface area (Å²) in [6.07, 6.45) is -1.44. The summed E-state index contributed by atoms with van der Waals surface area (Å²) in [5.41, 5.74) is 12.9. The maximum Gasteiger partial charge on any atom is 0.251 e. The number of alkyl halides is 2. The molecular formula is C27H28F3N5. The number of nitrogen functional groups attached to an aromatic ring is 1. The third kappa shape index (κ3) is 4.84. The summed E-state index contributed by atoms with van der Waals surface area (Å²) in [5.74, 6) is -0.465. The fraction of sp³-hybridized carbons (Fsp3) is 0.296. The highest BCUT2D eigenvalue weighted by Gasteiger charge is 2.21. The molecule has 0 unspecified atom stereocenters. The number of pyridine rings is 1. The van der Waals surface area contributed by atoms with Gasteiger partial charge < -0.3 is 16.0 Å². The van der Waals surface area contributed by atoms with Gasteiger partial charge in [0.2, 0.25) is 5.95 Å². The molecule has 0 bridgehead atoms. The van der Waals surface area contributed by atoms with Crippen LogP contribution in [0.25, 0.3) is 28.0 Å². The highest BCUT2D eigenvalue weighted by Crippen LogP contribution is 2.34. The van der Waals surface area contributed by atoms with Crippen molar-refractivity contribution in [2.75, 3.05) is 49.9 Å². The van der Waals surface area contributed by atoms with Crippen molar-refractivity contribution >= 4 is 17.2 Å². The predicted molar refractivity (Wildman–Crippen MR) is 135 cm³/mol. The van der Waals surface area contributed by atoms with Crippen LogP contribution < -0.4 is 16.0 Å². The van der Waals surface area contributed by atoms with E-state index in [1.54, 1.807) is 11.0 Å². The number of anilines is 2. The Balaban J connectivity index is 1.38. The Morgan fingerprint density at radius 2 is 1.66 bits per heavy atom. The van der Waals surface area contributed by atoms with Gasteiger partial charge in [0.05, 0.1) is 6.54 Å². The van der Waals surface area contributed by atoms with Gasteiger partial charge in [-0.3, -0.25) is 4.90 Å². The second-order valence-corrected chi connectivity index (χ2v) is 9.01. The van der Waals surface area contributed by atoms with Gasteiger partial charge in [-0.25, -0.2) is 13.8 Å². The van der Waals surface area contributed by atoms with Crippen molar-refractivity contribution in [3.05, 3.63) is 72.2 Å². The first kappa shape index (κ1) is 23.2. The van der Waals surface area contributed by atoms with Crippen LogP contribution in [0.3, 0.4) is 0 Å². The minimum Gasteiger partial charge on any atom is -0.385 e. The lowest BCUT2D eigenvalue weighted by Crippen LogP contribution is -2.47. The van der Waals surface area contributed by atoms with Gasteiger partial charge in [0.1, 0.15) is 5.82 Å². The molecule has 1 saturated heterocycles. The zero-order valence-corrected chi connectivity index (χ0v) is 19.4. The normalized spacial score (nSPS) is 16.3. The maximum absolute atomic E-state index is 14.9. The number of piperazine rings is 1. The van der Waals surface area contributed by atoms with Crippen molar-refractivity contribution in [2.24, 2.45) is 0 Å². The first-order valence-corrected chi connectivity index (χ1v) is 11.8. The fourth-order valence-electron chi connectivity index (χ4n) is 4.88. The first-order valence-electron chi connectivity index (χ1n) is 11.8. The van der Waals surface area contributed by atoms with Crippen molar-refractivity contribution in [2.45, 2.75) is 12.8 Å². The molecule has 0 amide bonds. The molecule has 0 radical (unpaired) electrons. The van der Waals surface area contributed by atoms with Gasteiger partial charge in [0.15, 0.2) is 0 Å². The van der Waals surface area contributed by atoms with Gasteiger partial charge >= 0.3 is 0 Å². The summed E-state index contributed by atoms with van der Waals surface area (Å²) in [6.45, 7) is 7.24. The second-order valence-electron chi connectivity index (χ2n) is 9.01. The van der Waals surface area contributed by atoms with E-state index < -0.39 is 12.4 Å². The van der Waals surface area contributed by atoms with Gasteiger partial charge in [-0.05, 0) is 41.3 Å². The molecule has 0 spiro atoms. The van der Waals surface area contributed by atoms with Gasteiger partial charge in [-0.2, -0.15) is 4.39 Å². The SMILES string of the molecule is C=C1NCCc2cc(-c3cc(-c4ccc(N5CCN(CC(F)F)CC5)cc4)c(F)nc3N)ccc21. The van der Waals surface area contributed by atoms with Crippen LogP contribution in [-0.2, 0) is 6.42 Å². The molecule has 2 aliphatic rings. The first-order chi connectivity index (χ1) is 16.9. The van der Waals surface area contributed by atoms with E-state index in [-0.39, 0.29) is 12.4 Å². The average molecular weight is 480 g/mol. The number of benzene rings is 2. The predicted octanol–water partition coefficient (Wildman–Crippen LogP) is 4.64. The molecular weight excluding hydrogens is 451 g/mol. The van der Waals surface area contributed by atoms with E-state index in [1.807, 2.05) is 36.4 Å². The van der Waals surface area contributed by atoms with E-state index in [0.29, 0.717) is 42.9 Å². The molecule has 1 aromatic heterocycles. The molecule has 1 fully saturated rings. The van der Waals surface area contributed by atoms with Gasteiger partial charge in [0.25, 0.3) is 6.43 Å². The number of hydrogen-bond acceptors (Lipinski definition) is 5. The Labute approximate surface area is 203 Å². The van der Waals surface area contributed by atoms with Crippen LogP contribution in [0.5, 0.6) is 0 Å². The number of nitrogens with two attached hydrogens (primary N) is 1. The smallest absolute Gasteiger partial charge is 0.251 e. The maximum atomic E-state index is 14.9. The van der Waals surface area contributed by atoms with E-state index in [2.05, 4.69) is 27.8 Å². The summed E-state index contributed by atoms with van der Waals surface area (Å²) in [7, 11) is 0. The standard InChI is InChI=1S/C27H28F3N5/c1-17-22-7-4-19(14-20(22)8-9-32-17)24-15-23(26(30)33-27(24)31)18-2-5-21(6-3-18)35-12-10-34(11-13-35)16-25(28)29/h2-7,14-15,25,32H,1,8-13,16H2,(H2,31,33). The Kier molecular flexibility index (Phi) is 6.38. The fourth-order valence-corrected chi connectivity index (χ4v) is 4.88. The van der Waals surface area contributed by atoms with E-state index in [4.69, 9.17) is 5.73 Å². The molecule has 3 N–H and O–H groups in total. The lowest BCUT2D eigenvalue weighted by atomic mass is 9.93. The van der Waals surface area contributed by atoms with Crippen LogP contribution in [0.2, 0.25) is 0 Å². The van der Waals surface area contributed by atoms with Crippen LogP contribution in [0.15, 0.2) is 55.1 Å². The van der Waals surface area contributed by atoms with E-state index in [9.17, 15) is 13.2 Å². The van der Waals surface area contributed by atoms with Crippen molar-refractivity contribution in [3.8, 4) is 22.3 Å².